The van der Waals surface area contributed by atoms with Crippen molar-refractivity contribution in [1.82, 2.24) is 19.1 Å². The number of rotatable bonds is 3. The summed E-state index contributed by atoms with van der Waals surface area (Å²) in [7, 11) is 0. The minimum atomic E-state index is 0.722. The van der Waals surface area contributed by atoms with Crippen LogP contribution in [0.2, 0.25) is 5.02 Å². The van der Waals surface area contributed by atoms with E-state index < -0.39 is 0 Å². The lowest BCUT2D eigenvalue weighted by molar-refractivity contribution is 0.778. The van der Waals surface area contributed by atoms with Crippen LogP contribution in [-0.4, -0.2) is 19.1 Å². The summed E-state index contributed by atoms with van der Waals surface area (Å²) in [6.07, 6.45) is 9.30. The van der Waals surface area contributed by atoms with E-state index in [0.29, 0.717) is 0 Å². The molecule has 0 aliphatic rings. The highest BCUT2D eigenvalue weighted by Crippen LogP contribution is 2.19. The van der Waals surface area contributed by atoms with Gasteiger partial charge in [-0.15, -0.1) is 0 Å². The molecule has 0 N–H and O–H groups in total. The van der Waals surface area contributed by atoms with Crippen molar-refractivity contribution in [2.75, 3.05) is 0 Å². The Balaban J connectivity index is 1.86. The van der Waals surface area contributed by atoms with E-state index in [1.54, 1.807) is 12.5 Å². The van der Waals surface area contributed by atoms with Crippen LogP contribution in [0.1, 0.15) is 11.3 Å². The molecule has 2 heterocycles. The molecule has 0 spiro atoms. The normalized spacial score (nSPS) is 10.8. The van der Waals surface area contributed by atoms with E-state index in [-0.39, 0.29) is 0 Å². The van der Waals surface area contributed by atoms with Gasteiger partial charge >= 0.3 is 0 Å². The molecule has 0 aliphatic carbocycles. The Labute approximate surface area is 116 Å². The number of imidazole rings is 2. The third kappa shape index (κ3) is 2.53. The fraction of sp³-hybridized carbons (Fsp3) is 0.143. The molecular formula is C14H13ClN4. The molecule has 4 nitrogen and oxygen atoms in total. The summed E-state index contributed by atoms with van der Waals surface area (Å²) in [5.74, 6) is 0. The van der Waals surface area contributed by atoms with Crippen molar-refractivity contribution in [3.63, 3.8) is 0 Å². The molecule has 0 saturated heterocycles. The molecule has 0 fully saturated rings. The first kappa shape index (κ1) is 12.0. The van der Waals surface area contributed by atoms with Crippen LogP contribution in [0, 0.1) is 6.92 Å². The van der Waals surface area contributed by atoms with Gasteiger partial charge in [0.25, 0.3) is 0 Å². The molecule has 0 atom stereocenters. The zero-order chi connectivity index (χ0) is 13.2. The quantitative estimate of drug-likeness (QED) is 0.734. The Hall–Kier alpha value is -2.07. The van der Waals surface area contributed by atoms with E-state index in [1.165, 1.54) is 0 Å². The minimum Gasteiger partial charge on any atom is -0.331 e. The number of benzene rings is 1. The van der Waals surface area contributed by atoms with Crippen molar-refractivity contribution in [3.05, 3.63) is 65.7 Å². The van der Waals surface area contributed by atoms with Crippen LogP contribution in [-0.2, 0) is 6.54 Å². The molecule has 5 heteroatoms. The van der Waals surface area contributed by atoms with Crippen molar-refractivity contribution in [2.45, 2.75) is 13.5 Å². The summed E-state index contributed by atoms with van der Waals surface area (Å²) in [6.45, 7) is 2.72. The second-order valence-corrected chi connectivity index (χ2v) is 4.85. The maximum absolute atomic E-state index is 6.03. The lowest BCUT2D eigenvalue weighted by Gasteiger charge is -2.04. The predicted molar refractivity (Wildman–Crippen MR) is 74.6 cm³/mol. The Morgan fingerprint density at radius 3 is 2.89 bits per heavy atom. The van der Waals surface area contributed by atoms with E-state index in [2.05, 4.69) is 9.97 Å². The predicted octanol–water partition coefficient (Wildman–Crippen LogP) is 3.08. The van der Waals surface area contributed by atoms with Crippen LogP contribution < -0.4 is 0 Å². The molecule has 0 amide bonds. The molecule has 0 unspecified atom stereocenters. The first-order valence-electron chi connectivity index (χ1n) is 5.97. The van der Waals surface area contributed by atoms with Crippen LogP contribution in [0.5, 0.6) is 0 Å². The van der Waals surface area contributed by atoms with Crippen molar-refractivity contribution in [3.8, 4) is 5.69 Å². The second kappa shape index (κ2) is 4.90. The van der Waals surface area contributed by atoms with E-state index in [1.807, 2.05) is 53.0 Å². The van der Waals surface area contributed by atoms with Gasteiger partial charge in [0.1, 0.15) is 0 Å². The third-order valence-corrected chi connectivity index (χ3v) is 3.40. The summed E-state index contributed by atoms with van der Waals surface area (Å²) >= 11 is 6.03. The molecule has 0 radical (unpaired) electrons. The van der Waals surface area contributed by atoms with Gasteiger partial charge < -0.3 is 9.13 Å². The van der Waals surface area contributed by atoms with Gasteiger partial charge in [-0.05, 0) is 30.7 Å². The molecule has 19 heavy (non-hydrogen) atoms. The highest BCUT2D eigenvalue weighted by atomic mass is 35.5. The number of aryl methyl sites for hydroxylation is 1. The van der Waals surface area contributed by atoms with Gasteiger partial charge in [-0.1, -0.05) is 11.6 Å². The largest absolute Gasteiger partial charge is 0.331 e. The van der Waals surface area contributed by atoms with Gasteiger partial charge in [-0.25, -0.2) is 9.97 Å². The van der Waals surface area contributed by atoms with Crippen LogP contribution in [0.25, 0.3) is 5.69 Å². The van der Waals surface area contributed by atoms with Gasteiger partial charge in [0.15, 0.2) is 0 Å². The number of hydrogen-bond donors (Lipinski definition) is 0. The first-order valence-corrected chi connectivity index (χ1v) is 6.35. The van der Waals surface area contributed by atoms with E-state index in [9.17, 15) is 0 Å². The lowest BCUT2D eigenvalue weighted by Crippen LogP contribution is -1.96. The van der Waals surface area contributed by atoms with E-state index >= 15 is 0 Å². The topological polar surface area (TPSA) is 35.6 Å². The van der Waals surface area contributed by atoms with E-state index in [0.717, 1.165) is 28.5 Å². The average molecular weight is 273 g/mol. The van der Waals surface area contributed by atoms with Gasteiger partial charge in [-0.3, -0.25) is 0 Å². The zero-order valence-electron chi connectivity index (χ0n) is 10.5. The Morgan fingerprint density at radius 2 is 2.16 bits per heavy atom. The highest BCUT2D eigenvalue weighted by Gasteiger charge is 2.03. The zero-order valence-corrected chi connectivity index (χ0v) is 11.2. The third-order valence-electron chi connectivity index (χ3n) is 2.98. The van der Waals surface area contributed by atoms with Crippen LogP contribution in [0.4, 0.5) is 0 Å². The Morgan fingerprint density at radius 1 is 1.26 bits per heavy atom. The molecule has 2 aromatic heterocycles. The number of nitrogens with zero attached hydrogens (tertiary/aromatic N) is 4. The minimum absolute atomic E-state index is 0.722. The van der Waals surface area contributed by atoms with Crippen molar-refractivity contribution in [2.24, 2.45) is 0 Å². The van der Waals surface area contributed by atoms with Gasteiger partial charge in [0.2, 0.25) is 0 Å². The number of hydrogen-bond acceptors (Lipinski definition) is 2. The number of halogens is 1. The average Bonchev–Trinajstić information content (AvgIpc) is 3.05. The monoisotopic (exact) mass is 272 g/mol. The summed E-state index contributed by atoms with van der Waals surface area (Å²) in [6, 6.07) is 5.94. The Kier molecular flexibility index (Phi) is 3.09. The van der Waals surface area contributed by atoms with Crippen molar-refractivity contribution in [1.29, 1.82) is 0 Å². The van der Waals surface area contributed by atoms with Crippen molar-refractivity contribution >= 4 is 11.6 Å². The number of aromatic nitrogens is 4. The summed E-state index contributed by atoms with van der Waals surface area (Å²) in [5.41, 5.74) is 3.11. The first-order chi connectivity index (χ1) is 9.22. The van der Waals surface area contributed by atoms with Crippen molar-refractivity contribution < 1.29 is 0 Å². The summed E-state index contributed by atoms with van der Waals surface area (Å²) < 4.78 is 3.98. The second-order valence-electron chi connectivity index (χ2n) is 4.44. The van der Waals surface area contributed by atoms with Gasteiger partial charge in [0, 0.05) is 29.3 Å². The highest BCUT2D eigenvalue weighted by molar-refractivity contribution is 6.31. The van der Waals surface area contributed by atoms with Crippen LogP contribution >= 0.6 is 11.6 Å². The SMILES string of the molecule is Cc1cc(-n2cnc(Cn3ccnc3)c2)ccc1Cl. The molecule has 96 valence electrons. The smallest absolute Gasteiger partial charge is 0.0996 e. The molecule has 0 saturated carbocycles. The maximum atomic E-state index is 6.03. The lowest BCUT2D eigenvalue weighted by atomic mass is 10.2. The summed E-state index contributed by atoms with van der Waals surface area (Å²) in [4.78, 5) is 8.42. The Bertz CT molecular complexity index is 685. The molecule has 3 aromatic rings. The molecule has 0 aliphatic heterocycles. The van der Waals surface area contributed by atoms with E-state index in [4.69, 9.17) is 11.6 Å². The maximum Gasteiger partial charge on any atom is 0.0996 e. The summed E-state index contributed by atoms with van der Waals surface area (Å²) in [5, 5.41) is 0.780. The molecule has 0 bridgehead atoms. The molecule has 3 rings (SSSR count). The fourth-order valence-corrected chi connectivity index (χ4v) is 2.06. The molecular weight excluding hydrogens is 260 g/mol. The fourth-order valence-electron chi connectivity index (χ4n) is 1.94. The standard InChI is InChI=1S/C14H13ClN4/c1-11-6-13(2-3-14(11)15)19-8-12(17-10-19)7-18-5-4-16-9-18/h2-6,8-10H,7H2,1H3. The van der Waals surface area contributed by atoms with Crippen LogP contribution in [0.3, 0.4) is 0 Å². The van der Waals surface area contributed by atoms with Crippen LogP contribution in [0.15, 0.2) is 49.4 Å². The van der Waals surface area contributed by atoms with Gasteiger partial charge in [-0.2, -0.15) is 0 Å². The van der Waals surface area contributed by atoms with Gasteiger partial charge in [0.05, 0.1) is 24.9 Å². The molecule has 1 aromatic carbocycles.